The number of nitrogens with one attached hydrogen (secondary N) is 1. The van der Waals surface area contributed by atoms with Gasteiger partial charge < -0.3 is 15.5 Å². The van der Waals surface area contributed by atoms with E-state index in [-0.39, 0.29) is 12.5 Å². The predicted octanol–water partition coefficient (Wildman–Crippen LogP) is 14.0. The van der Waals surface area contributed by atoms with E-state index in [2.05, 4.69) is 55.6 Å². The van der Waals surface area contributed by atoms with Crippen LogP contribution in [0.15, 0.2) is 48.6 Å². The number of hydrogen-bond acceptors (Lipinski definition) is 3. The molecule has 0 aromatic heterocycles. The average Bonchev–Trinajstić information content (AvgIpc) is 3.13. The van der Waals surface area contributed by atoms with Crippen molar-refractivity contribution in [2.75, 3.05) is 6.61 Å². The lowest BCUT2D eigenvalue weighted by atomic mass is 10.0. The van der Waals surface area contributed by atoms with Gasteiger partial charge in [-0.3, -0.25) is 4.79 Å². The van der Waals surface area contributed by atoms with Crippen molar-refractivity contribution in [1.29, 1.82) is 0 Å². The Labute approximate surface area is 318 Å². The normalized spacial score (nSPS) is 13.4. The van der Waals surface area contributed by atoms with Crippen molar-refractivity contribution < 1.29 is 15.0 Å². The van der Waals surface area contributed by atoms with Gasteiger partial charge in [-0.2, -0.15) is 0 Å². The molecule has 51 heavy (non-hydrogen) atoms. The molecule has 0 aromatic rings. The molecule has 0 rings (SSSR count). The topological polar surface area (TPSA) is 69.6 Å². The van der Waals surface area contributed by atoms with E-state index in [1.54, 1.807) is 6.08 Å². The summed E-state index contributed by atoms with van der Waals surface area (Å²) >= 11 is 0. The number of carbonyl (C=O) groups excluding carboxylic acids is 1. The van der Waals surface area contributed by atoms with Crippen molar-refractivity contribution in [3.63, 3.8) is 0 Å². The smallest absolute Gasteiger partial charge is 0.220 e. The van der Waals surface area contributed by atoms with Crippen LogP contribution in [0.3, 0.4) is 0 Å². The Morgan fingerprint density at radius 2 is 0.824 bits per heavy atom. The van der Waals surface area contributed by atoms with E-state index in [1.807, 2.05) is 6.08 Å². The Morgan fingerprint density at radius 3 is 1.27 bits per heavy atom. The Balaban J connectivity index is 3.63. The van der Waals surface area contributed by atoms with Crippen molar-refractivity contribution in [1.82, 2.24) is 5.32 Å². The molecule has 0 bridgehead atoms. The molecule has 2 atom stereocenters. The molecule has 0 aromatic carbocycles. The fourth-order valence-electron chi connectivity index (χ4n) is 6.58. The summed E-state index contributed by atoms with van der Waals surface area (Å²) in [6, 6.07) is -0.644. The molecule has 3 N–H and O–H groups in total. The van der Waals surface area contributed by atoms with Gasteiger partial charge in [0.1, 0.15) is 0 Å². The van der Waals surface area contributed by atoms with Crippen molar-refractivity contribution >= 4 is 5.91 Å². The molecular formula is C47H87NO3. The Morgan fingerprint density at radius 1 is 0.471 bits per heavy atom. The summed E-state index contributed by atoms with van der Waals surface area (Å²) in [4.78, 5) is 12.4. The number of aliphatic hydroxyl groups excluding tert-OH is 2. The highest BCUT2D eigenvalue weighted by molar-refractivity contribution is 5.76. The van der Waals surface area contributed by atoms with Gasteiger partial charge in [0, 0.05) is 6.42 Å². The number of amides is 1. The van der Waals surface area contributed by atoms with Crippen LogP contribution < -0.4 is 5.32 Å². The first kappa shape index (κ1) is 49.4. The van der Waals surface area contributed by atoms with Crippen molar-refractivity contribution in [2.45, 2.75) is 238 Å². The van der Waals surface area contributed by atoms with Gasteiger partial charge in [0.25, 0.3) is 0 Å². The minimum Gasteiger partial charge on any atom is -0.394 e. The summed E-state index contributed by atoms with van der Waals surface area (Å²) in [7, 11) is 0. The Hall–Kier alpha value is -1.65. The Bertz CT molecular complexity index is 816. The monoisotopic (exact) mass is 714 g/mol. The van der Waals surface area contributed by atoms with E-state index >= 15 is 0 Å². The summed E-state index contributed by atoms with van der Waals surface area (Å²) < 4.78 is 0. The fourth-order valence-corrected chi connectivity index (χ4v) is 6.58. The number of carbonyl (C=O) groups is 1. The van der Waals surface area contributed by atoms with Crippen LogP contribution in [0.4, 0.5) is 0 Å². The Kier molecular flexibility index (Phi) is 41.4. The summed E-state index contributed by atoms with van der Waals surface area (Å²) in [5, 5.41) is 23.0. The van der Waals surface area contributed by atoms with E-state index in [1.165, 1.54) is 161 Å². The van der Waals surface area contributed by atoms with Crippen LogP contribution in [0, 0.1) is 0 Å². The fraction of sp³-hybridized carbons (Fsp3) is 0.809. The summed E-state index contributed by atoms with van der Waals surface area (Å²) in [5.41, 5.74) is 0. The van der Waals surface area contributed by atoms with Crippen LogP contribution >= 0.6 is 0 Å². The number of aliphatic hydroxyl groups is 2. The first-order chi connectivity index (χ1) is 25.2. The third-order valence-corrected chi connectivity index (χ3v) is 10.0. The lowest BCUT2D eigenvalue weighted by molar-refractivity contribution is -0.123. The largest absolute Gasteiger partial charge is 0.394 e. The lowest BCUT2D eigenvalue weighted by Gasteiger charge is -2.19. The number of hydrogen-bond donors (Lipinski definition) is 3. The second-order valence-electron chi connectivity index (χ2n) is 15.1. The molecule has 298 valence electrons. The third-order valence-electron chi connectivity index (χ3n) is 10.0. The molecule has 0 aliphatic carbocycles. The van der Waals surface area contributed by atoms with Crippen molar-refractivity contribution in [2.24, 2.45) is 0 Å². The summed E-state index contributed by atoms with van der Waals surface area (Å²) in [5.74, 6) is -0.0821. The standard InChI is InChI=1S/C47H87NO3/c1-3-5-7-9-11-13-15-17-19-21-23-24-25-26-28-30-32-34-36-38-40-42-46(50)45(44-49)48-47(51)43-41-39-37-35-33-31-29-27-22-20-18-16-14-12-10-8-6-4-2/h14,16,20,22,32,34,40,42,45-46,49-50H,3-13,15,17-19,21,23-31,33,35-39,41,43-44H2,1-2H3,(H,48,51)/b16-14-,22-20-,34-32+,42-40+. The van der Waals surface area contributed by atoms with E-state index < -0.39 is 12.1 Å². The van der Waals surface area contributed by atoms with Crippen LogP contribution in [0.1, 0.15) is 226 Å². The minimum atomic E-state index is -0.866. The van der Waals surface area contributed by atoms with E-state index in [0.717, 1.165) is 44.9 Å². The zero-order chi connectivity index (χ0) is 37.1. The maximum absolute atomic E-state index is 12.4. The van der Waals surface area contributed by atoms with Crippen molar-refractivity contribution in [3.05, 3.63) is 48.6 Å². The molecule has 0 aliphatic heterocycles. The highest BCUT2D eigenvalue weighted by Crippen LogP contribution is 2.14. The number of unbranched alkanes of at least 4 members (excludes halogenated alkanes) is 27. The number of allylic oxidation sites excluding steroid dienone is 7. The van der Waals surface area contributed by atoms with E-state index in [4.69, 9.17) is 0 Å². The molecule has 0 saturated carbocycles. The van der Waals surface area contributed by atoms with Crippen LogP contribution in [0.5, 0.6) is 0 Å². The maximum atomic E-state index is 12.4. The second-order valence-corrected chi connectivity index (χ2v) is 15.1. The highest BCUT2D eigenvalue weighted by Gasteiger charge is 2.17. The van der Waals surface area contributed by atoms with Gasteiger partial charge in [-0.15, -0.1) is 0 Å². The van der Waals surface area contributed by atoms with Gasteiger partial charge in [-0.1, -0.05) is 204 Å². The zero-order valence-corrected chi connectivity index (χ0v) is 34.1. The van der Waals surface area contributed by atoms with Gasteiger partial charge in [0.05, 0.1) is 18.8 Å². The quantitative estimate of drug-likeness (QED) is 0.0437. The van der Waals surface area contributed by atoms with E-state index in [9.17, 15) is 15.0 Å². The molecule has 0 saturated heterocycles. The summed E-state index contributed by atoms with van der Waals surface area (Å²) in [6.07, 6.45) is 57.9. The van der Waals surface area contributed by atoms with E-state index in [0.29, 0.717) is 6.42 Å². The minimum absolute atomic E-state index is 0.0821. The van der Waals surface area contributed by atoms with Gasteiger partial charge in [0.2, 0.25) is 5.91 Å². The molecular weight excluding hydrogens is 627 g/mol. The van der Waals surface area contributed by atoms with Gasteiger partial charge in [-0.05, 0) is 64.2 Å². The van der Waals surface area contributed by atoms with Gasteiger partial charge in [0.15, 0.2) is 0 Å². The molecule has 0 spiro atoms. The molecule has 4 nitrogen and oxygen atoms in total. The van der Waals surface area contributed by atoms with Gasteiger partial charge >= 0.3 is 0 Å². The van der Waals surface area contributed by atoms with Crippen LogP contribution in [-0.4, -0.2) is 34.9 Å². The summed E-state index contributed by atoms with van der Waals surface area (Å²) in [6.45, 7) is 4.28. The molecule has 2 unspecified atom stereocenters. The van der Waals surface area contributed by atoms with Gasteiger partial charge in [-0.25, -0.2) is 0 Å². The molecule has 1 amide bonds. The maximum Gasteiger partial charge on any atom is 0.220 e. The van der Waals surface area contributed by atoms with Crippen LogP contribution in [-0.2, 0) is 4.79 Å². The zero-order valence-electron chi connectivity index (χ0n) is 34.1. The molecule has 0 fully saturated rings. The molecule has 0 heterocycles. The predicted molar refractivity (Wildman–Crippen MR) is 225 cm³/mol. The average molecular weight is 714 g/mol. The molecule has 0 radical (unpaired) electrons. The number of rotatable bonds is 40. The third kappa shape index (κ3) is 39.4. The molecule has 4 heteroatoms. The molecule has 0 aliphatic rings. The lowest BCUT2D eigenvalue weighted by Crippen LogP contribution is -2.45. The first-order valence-corrected chi connectivity index (χ1v) is 22.4. The van der Waals surface area contributed by atoms with Crippen molar-refractivity contribution in [3.8, 4) is 0 Å². The van der Waals surface area contributed by atoms with Crippen LogP contribution in [0.2, 0.25) is 0 Å². The highest BCUT2D eigenvalue weighted by atomic mass is 16.3. The SMILES string of the molecule is CCCCCC/C=C\C/C=C\CCCCCCCCCC(=O)NC(CO)C(O)/C=C/CC/C=C/CCCCCCCCCCCCCCCCC. The first-order valence-electron chi connectivity index (χ1n) is 22.4. The second kappa shape index (κ2) is 42.8. The van der Waals surface area contributed by atoms with Crippen LogP contribution in [0.25, 0.3) is 0 Å².